The Morgan fingerprint density at radius 2 is 1.06 bits per heavy atom. The van der Waals surface area contributed by atoms with Crippen molar-refractivity contribution in [3.8, 4) is 61.8 Å². The lowest BCUT2D eigenvalue weighted by Crippen LogP contribution is -2.19. The first-order valence-corrected chi connectivity index (χ1v) is 22.6. The van der Waals surface area contributed by atoms with Crippen LogP contribution < -0.4 is 5.32 Å². The van der Waals surface area contributed by atoms with Crippen molar-refractivity contribution in [1.29, 1.82) is 0 Å². The fourth-order valence-electron chi connectivity index (χ4n) is 9.92. The molecule has 3 aromatic heterocycles. The zero-order valence-corrected chi connectivity index (χ0v) is 35.4. The summed E-state index contributed by atoms with van der Waals surface area (Å²) in [4.78, 5) is 10.5. The van der Waals surface area contributed by atoms with Crippen molar-refractivity contribution in [3.05, 3.63) is 230 Å². The number of benzene rings is 9. The third kappa shape index (κ3) is 5.89. The van der Waals surface area contributed by atoms with Crippen LogP contribution in [0.5, 0.6) is 0 Å². The van der Waals surface area contributed by atoms with E-state index in [4.69, 9.17) is 9.97 Å². The number of aromatic nitrogens is 3. The van der Waals surface area contributed by atoms with Crippen molar-refractivity contribution in [2.75, 3.05) is 5.32 Å². The molecular formula is C59H38N4S. The van der Waals surface area contributed by atoms with Crippen molar-refractivity contribution < 1.29 is 0 Å². The Kier molecular flexibility index (Phi) is 8.43. The van der Waals surface area contributed by atoms with Gasteiger partial charge in [-0.15, -0.1) is 11.3 Å². The number of nitrogens with zero attached hydrogens (tertiary/aromatic N) is 3. The molecule has 0 aliphatic carbocycles. The number of anilines is 1. The zero-order valence-electron chi connectivity index (χ0n) is 34.6. The zero-order chi connectivity index (χ0) is 42.1. The van der Waals surface area contributed by atoms with Crippen LogP contribution in [0.2, 0.25) is 0 Å². The molecule has 4 heterocycles. The fourth-order valence-corrected chi connectivity index (χ4v) is 11.0. The molecule has 1 aliphatic heterocycles. The molecule has 1 aliphatic rings. The molecule has 300 valence electrons. The minimum absolute atomic E-state index is 0.00265. The number of rotatable bonds is 6. The number of hydrogen-bond donors (Lipinski definition) is 1. The van der Waals surface area contributed by atoms with Gasteiger partial charge in [-0.25, -0.2) is 9.97 Å². The highest BCUT2D eigenvalue weighted by Crippen LogP contribution is 2.52. The van der Waals surface area contributed by atoms with Gasteiger partial charge in [0.1, 0.15) is 0 Å². The first kappa shape index (κ1) is 36.5. The number of fused-ring (bicyclic) bond motifs is 10. The van der Waals surface area contributed by atoms with Crippen LogP contribution in [0, 0.1) is 0 Å². The Bertz CT molecular complexity index is 3740. The van der Waals surface area contributed by atoms with Crippen molar-refractivity contribution in [1.82, 2.24) is 14.5 Å². The number of nitrogens with one attached hydrogen (secondary N) is 1. The van der Waals surface area contributed by atoms with Gasteiger partial charge in [0.25, 0.3) is 0 Å². The molecule has 13 rings (SSSR count). The van der Waals surface area contributed by atoms with E-state index in [1.54, 1.807) is 0 Å². The van der Waals surface area contributed by atoms with Crippen LogP contribution in [0.25, 0.3) is 104 Å². The summed E-state index contributed by atoms with van der Waals surface area (Å²) in [6.07, 6.45) is 0. The van der Waals surface area contributed by atoms with E-state index in [1.165, 1.54) is 64.3 Å². The third-order valence-electron chi connectivity index (χ3n) is 12.9. The molecule has 1 unspecified atom stereocenters. The van der Waals surface area contributed by atoms with Gasteiger partial charge < -0.3 is 9.88 Å². The second-order valence-electron chi connectivity index (χ2n) is 16.5. The van der Waals surface area contributed by atoms with E-state index in [9.17, 15) is 0 Å². The summed E-state index contributed by atoms with van der Waals surface area (Å²) in [6, 6.07) is 78.4. The molecule has 4 nitrogen and oxygen atoms in total. The van der Waals surface area contributed by atoms with Gasteiger partial charge in [-0.3, -0.25) is 0 Å². The van der Waals surface area contributed by atoms with Crippen LogP contribution in [0.4, 0.5) is 5.69 Å². The number of para-hydroxylation sites is 3. The standard InChI is InChI=1S/C59H38N4S/c1-4-15-38(16-5-1)49-36-50(61-59(60-49)41-31-33-52-48(35-41)44-21-10-12-25-51(44)63(52)42-19-8-3-9-20-42)39-29-27-37(28-30-39)43-23-14-24-46-55-47(57(62-58(43)46)40-17-6-2-7-18-40)32-34-54-56(55)45-22-11-13-26-53(45)64-54/h1-36,57,62H. The van der Waals surface area contributed by atoms with Gasteiger partial charge in [-0.1, -0.05) is 164 Å². The van der Waals surface area contributed by atoms with Crippen molar-refractivity contribution in [2.24, 2.45) is 0 Å². The van der Waals surface area contributed by atoms with Crippen LogP contribution in [0.1, 0.15) is 17.2 Å². The SMILES string of the molecule is c1ccc(-c2cc(-c3ccc(-c4cccc5c4NC(c4ccccc4)c4ccc6sc7ccccc7c6c4-5)cc3)nc(-c3ccc4c(c3)c3ccccc3n4-c3ccccc3)n2)cc1. The van der Waals surface area contributed by atoms with Crippen LogP contribution in [-0.4, -0.2) is 14.5 Å². The summed E-state index contributed by atoms with van der Waals surface area (Å²) >= 11 is 1.87. The summed E-state index contributed by atoms with van der Waals surface area (Å²) in [5.41, 5.74) is 16.8. The topological polar surface area (TPSA) is 42.7 Å². The van der Waals surface area contributed by atoms with Gasteiger partial charge in [-0.2, -0.15) is 0 Å². The second-order valence-corrected chi connectivity index (χ2v) is 17.6. The summed E-state index contributed by atoms with van der Waals surface area (Å²) in [7, 11) is 0. The average molecular weight is 835 g/mol. The second kappa shape index (κ2) is 14.8. The van der Waals surface area contributed by atoms with Gasteiger partial charge in [0.15, 0.2) is 5.82 Å². The molecule has 5 heteroatoms. The van der Waals surface area contributed by atoms with Crippen LogP contribution in [0.15, 0.2) is 218 Å². The van der Waals surface area contributed by atoms with Gasteiger partial charge >= 0.3 is 0 Å². The Balaban J connectivity index is 0.939. The van der Waals surface area contributed by atoms with Crippen molar-refractivity contribution in [2.45, 2.75) is 6.04 Å². The van der Waals surface area contributed by atoms with Crippen LogP contribution >= 0.6 is 11.3 Å². The van der Waals surface area contributed by atoms with Crippen LogP contribution in [0.3, 0.4) is 0 Å². The van der Waals surface area contributed by atoms with E-state index in [0.29, 0.717) is 5.82 Å². The van der Waals surface area contributed by atoms with Gasteiger partial charge in [-0.05, 0) is 76.9 Å². The summed E-state index contributed by atoms with van der Waals surface area (Å²) in [5, 5.41) is 9.07. The number of thiophene rings is 1. The van der Waals surface area contributed by atoms with E-state index in [2.05, 4.69) is 222 Å². The van der Waals surface area contributed by atoms with Gasteiger partial charge in [0, 0.05) is 64.4 Å². The predicted molar refractivity (Wildman–Crippen MR) is 268 cm³/mol. The highest BCUT2D eigenvalue weighted by atomic mass is 32.1. The lowest BCUT2D eigenvalue weighted by atomic mass is 9.82. The third-order valence-corrected chi connectivity index (χ3v) is 14.0. The smallest absolute Gasteiger partial charge is 0.160 e. The molecular weight excluding hydrogens is 797 g/mol. The highest BCUT2D eigenvalue weighted by molar-refractivity contribution is 7.26. The molecule has 1 N–H and O–H groups in total. The average Bonchev–Trinajstić information content (AvgIpc) is 3.92. The van der Waals surface area contributed by atoms with Crippen LogP contribution in [-0.2, 0) is 0 Å². The molecule has 0 saturated heterocycles. The van der Waals surface area contributed by atoms with E-state index in [1.807, 2.05) is 17.4 Å². The van der Waals surface area contributed by atoms with Gasteiger partial charge in [0.2, 0.25) is 0 Å². The molecule has 64 heavy (non-hydrogen) atoms. The maximum atomic E-state index is 5.31. The highest BCUT2D eigenvalue weighted by Gasteiger charge is 2.30. The minimum atomic E-state index is -0.00265. The summed E-state index contributed by atoms with van der Waals surface area (Å²) in [6.45, 7) is 0. The Morgan fingerprint density at radius 1 is 0.438 bits per heavy atom. The molecule has 0 spiro atoms. The first-order valence-electron chi connectivity index (χ1n) is 21.8. The molecule has 0 bridgehead atoms. The lowest BCUT2D eigenvalue weighted by molar-refractivity contribution is 0.933. The van der Waals surface area contributed by atoms with Crippen molar-refractivity contribution in [3.63, 3.8) is 0 Å². The van der Waals surface area contributed by atoms with Gasteiger partial charge in [0.05, 0.1) is 34.2 Å². The maximum absolute atomic E-state index is 5.31. The summed E-state index contributed by atoms with van der Waals surface area (Å²) < 4.78 is 4.97. The molecule has 9 aromatic carbocycles. The Labute approximate surface area is 374 Å². The van der Waals surface area contributed by atoms with E-state index in [-0.39, 0.29) is 6.04 Å². The quantitative estimate of drug-likeness (QED) is 0.181. The molecule has 0 radical (unpaired) electrons. The monoisotopic (exact) mass is 834 g/mol. The molecule has 0 amide bonds. The van der Waals surface area contributed by atoms with E-state index >= 15 is 0 Å². The molecule has 0 saturated carbocycles. The maximum Gasteiger partial charge on any atom is 0.160 e. The number of hydrogen-bond acceptors (Lipinski definition) is 4. The molecule has 0 fully saturated rings. The van der Waals surface area contributed by atoms with E-state index in [0.717, 1.165) is 50.5 Å². The largest absolute Gasteiger partial charge is 0.373 e. The Hall–Kier alpha value is -8.12. The van der Waals surface area contributed by atoms with E-state index < -0.39 is 0 Å². The molecule has 1 atom stereocenters. The lowest BCUT2D eigenvalue weighted by Gasteiger charge is -2.32. The van der Waals surface area contributed by atoms with Crippen molar-refractivity contribution >= 4 is 59.0 Å². The fraction of sp³-hybridized carbons (Fsp3) is 0.0169. The Morgan fingerprint density at radius 3 is 1.86 bits per heavy atom. The normalized spacial score (nSPS) is 13.3. The molecule has 12 aromatic rings. The predicted octanol–water partition coefficient (Wildman–Crippen LogP) is 15.8. The minimum Gasteiger partial charge on any atom is -0.373 e. The summed E-state index contributed by atoms with van der Waals surface area (Å²) in [5.74, 6) is 0.693. The first-order chi connectivity index (χ1) is 31.7.